The topological polar surface area (TPSA) is 176 Å². The Balaban J connectivity index is 0.000000679. The van der Waals surface area contributed by atoms with Crippen LogP contribution in [0.25, 0.3) is 0 Å². The predicted molar refractivity (Wildman–Crippen MR) is 126 cm³/mol. The third kappa shape index (κ3) is 18.1. The Morgan fingerprint density at radius 2 is 1.18 bits per heavy atom. The summed E-state index contributed by atoms with van der Waals surface area (Å²) in [4.78, 5) is 55.6. The molecule has 1 amide bonds. The second kappa shape index (κ2) is 19.0. The summed E-state index contributed by atoms with van der Waals surface area (Å²) in [5.74, 6) is -3.58. The summed E-state index contributed by atoms with van der Waals surface area (Å²) in [5.41, 5.74) is 0. The van der Waals surface area contributed by atoms with Gasteiger partial charge in [0.1, 0.15) is 0 Å². The molecule has 1 aliphatic heterocycles. The van der Waals surface area contributed by atoms with Gasteiger partial charge in [0.2, 0.25) is 5.91 Å². The van der Waals surface area contributed by atoms with Crippen LogP contribution in [0.15, 0.2) is 0 Å². The van der Waals surface area contributed by atoms with Crippen molar-refractivity contribution >= 4 is 41.7 Å². The van der Waals surface area contributed by atoms with E-state index in [2.05, 4.69) is 6.92 Å². The first kappa shape index (κ1) is 31.6. The van der Waals surface area contributed by atoms with E-state index in [1.165, 1.54) is 38.5 Å². The zero-order valence-electron chi connectivity index (χ0n) is 19.7. The lowest BCUT2D eigenvalue weighted by atomic mass is 10.1. The molecule has 1 rings (SSSR count). The standard InChI is InChI=1S/C11H21NOS.C10H16N2O8/c1-2-3-4-5-6-7-9-12-11(13)8-10-14-12;13-7(14)3-11(4-8(15)16)1-2-12(5-9(17)18)6-10(19)20/h2-10H2,1H3;1-6H2,(H,13,14)(H,15,16)(H,17,18)(H,19,20). The molecule has 0 aliphatic carbocycles. The van der Waals surface area contributed by atoms with Crippen molar-refractivity contribution in [2.45, 2.75) is 51.9 Å². The number of hydrogen-bond donors (Lipinski definition) is 4. The number of carbonyl (C=O) groups is 5. The van der Waals surface area contributed by atoms with Gasteiger partial charge in [-0.3, -0.25) is 38.1 Å². The van der Waals surface area contributed by atoms with Crippen molar-refractivity contribution < 1.29 is 44.4 Å². The van der Waals surface area contributed by atoms with Crippen LogP contribution in [0.2, 0.25) is 0 Å². The molecule has 0 unspecified atom stereocenters. The average molecular weight is 508 g/mol. The molecule has 12 nitrogen and oxygen atoms in total. The molecule has 0 radical (unpaired) electrons. The lowest BCUT2D eigenvalue weighted by molar-refractivity contribution is -0.145. The van der Waals surface area contributed by atoms with E-state index in [1.54, 1.807) is 11.9 Å². The van der Waals surface area contributed by atoms with E-state index in [1.807, 2.05) is 4.31 Å². The molecule has 0 aromatic carbocycles. The quantitative estimate of drug-likeness (QED) is 0.154. The smallest absolute Gasteiger partial charge is 0.317 e. The van der Waals surface area contributed by atoms with Crippen LogP contribution in [0.3, 0.4) is 0 Å². The first-order valence-electron chi connectivity index (χ1n) is 11.3. The number of nitrogens with zero attached hydrogens (tertiary/aromatic N) is 3. The monoisotopic (exact) mass is 507 g/mol. The lowest BCUT2D eigenvalue weighted by Gasteiger charge is -2.23. The predicted octanol–water partition coefficient (Wildman–Crippen LogP) is 1.16. The maximum absolute atomic E-state index is 11.2. The van der Waals surface area contributed by atoms with Gasteiger partial charge in [-0.25, -0.2) is 0 Å². The van der Waals surface area contributed by atoms with E-state index < -0.39 is 50.1 Å². The van der Waals surface area contributed by atoms with Gasteiger partial charge in [-0.2, -0.15) is 0 Å². The fraction of sp³-hybridized carbons (Fsp3) is 0.762. The van der Waals surface area contributed by atoms with Gasteiger partial charge >= 0.3 is 23.9 Å². The summed E-state index contributed by atoms with van der Waals surface area (Å²) < 4.78 is 1.94. The second-order valence-electron chi connectivity index (χ2n) is 7.84. The van der Waals surface area contributed by atoms with Crippen molar-refractivity contribution in [3.8, 4) is 0 Å². The van der Waals surface area contributed by atoms with Crippen LogP contribution < -0.4 is 0 Å². The molecule has 1 heterocycles. The van der Waals surface area contributed by atoms with Crippen LogP contribution in [0.1, 0.15) is 51.9 Å². The SMILES string of the molecule is CCCCCCCCN1SCCC1=O.O=C(O)CN(CCN(CC(=O)O)CC(=O)O)CC(=O)O. The minimum Gasteiger partial charge on any atom is -0.480 e. The van der Waals surface area contributed by atoms with Crippen LogP contribution in [0.5, 0.6) is 0 Å². The normalized spacial score (nSPS) is 13.1. The number of aliphatic carboxylic acids is 4. The van der Waals surface area contributed by atoms with Crippen molar-refractivity contribution in [2.24, 2.45) is 0 Å². The molecule has 0 saturated carbocycles. The van der Waals surface area contributed by atoms with Crippen molar-refractivity contribution in [2.75, 3.05) is 51.6 Å². The number of amides is 1. The summed E-state index contributed by atoms with van der Waals surface area (Å²) in [6, 6.07) is 0. The zero-order chi connectivity index (χ0) is 25.9. The minimum absolute atomic E-state index is 0.0703. The summed E-state index contributed by atoms with van der Waals surface area (Å²) in [7, 11) is 0. The zero-order valence-corrected chi connectivity index (χ0v) is 20.5. The van der Waals surface area contributed by atoms with Gasteiger partial charge in [0.15, 0.2) is 0 Å². The molecule has 4 N–H and O–H groups in total. The van der Waals surface area contributed by atoms with Gasteiger partial charge < -0.3 is 20.4 Å². The summed E-state index contributed by atoms with van der Waals surface area (Å²) in [5, 5.41) is 34.5. The van der Waals surface area contributed by atoms with Crippen LogP contribution in [0.4, 0.5) is 0 Å². The first-order chi connectivity index (χ1) is 16.0. The molecule has 1 fully saturated rings. The molecule has 196 valence electrons. The van der Waals surface area contributed by atoms with Gasteiger partial charge in [0, 0.05) is 31.8 Å². The number of unbranched alkanes of at least 4 members (excludes halogenated alkanes) is 5. The fourth-order valence-corrected chi connectivity index (χ4v) is 4.12. The first-order valence-corrected chi connectivity index (χ1v) is 12.2. The van der Waals surface area contributed by atoms with Gasteiger partial charge in [-0.1, -0.05) is 39.0 Å². The average Bonchev–Trinajstić information content (AvgIpc) is 3.12. The van der Waals surface area contributed by atoms with Gasteiger partial charge in [0.05, 0.1) is 26.2 Å². The molecule has 0 atom stereocenters. The Kier molecular flexibility index (Phi) is 17.7. The van der Waals surface area contributed by atoms with Crippen molar-refractivity contribution in [1.82, 2.24) is 14.1 Å². The molecular formula is C21H37N3O9S. The van der Waals surface area contributed by atoms with Gasteiger partial charge in [-0.05, 0) is 18.4 Å². The summed E-state index contributed by atoms with van der Waals surface area (Å²) in [6.07, 6.45) is 8.57. The Morgan fingerprint density at radius 3 is 1.53 bits per heavy atom. The molecule has 13 heteroatoms. The molecule has 0 aromatic rings. The Labute approximate surface area is 204 Å². The van der Waals surface area contributed by atoms with Crippen LogP contribution in [-0.4, -0.2) is 116 Å². The van der Waals surface area contributed by atoms with Crippen molar-refractivity contribution in [3.63, 3.8) is 0 Å². The van der Waals surface area contributed by atoms with Crippen LogP contribution in [0, 0.1) is 0 Å². The molecule has 0 aromatic heterocycles. The number of carboxylic acids is 4. The molecule has 1 aliphatic rings. The van der Waals surface area contributed by atoms with Gasteiger partial charge in [0.25, 0.3) is 0 Å². The molecular weight excluding hydrogens is 470 g/mol. The molecule has 0 bridgehead atoms. The minimum atomic E-state index is -1.23. The largest absolute Gasteiger partial charge is 0.480 e. The highest BCUT2D eigenvalue weighted by molar-refractivity contribution is 7.97. The Bertz CT molecular complexity index is 595. The number of hydrogen-bond acceptors (Lipinski definition) is 8. The number of carboxylic acid groups (broad SMARTS) is 4. The highest BCUT2D eigenvalue weighted by Crippen LogP contribution is 2.22. The lowest BCUT2D eigenvalue weighted by Crippen LogP contribution is -2.43. The summed E-state index contributed by atoms with van der Waals surface area (Å²) in [6.45, 7) is 0.953. The third-order valence-electron chi connectivity index (χ3n) is 4.72. The highest BCUT2D eigenvalue weighted by Gasteiger charge is 2.20. The molecule has 0 spiro atoms. The van der Waals surface area contributed by atoms with E-state index >= 15 is 0 Å². The van der Waals surface area contributed by atoms with Crippen molar-refractivity contribution in [1.29, 1.82) is 0 Å². The van der Waals surface area contributed by atoms with E-state index in [9.17, 15) is 24.0 Å². The highest BCUT2D eigenvalue weighted by atomic mass is 32.2. The number of carbonyl (C=O) groups excluding carboxylic acids is 1. The Hall–Kier alpha value is -2.38. The van der Waals surface area contributed by atoms with Gasteiger partial charge in [-0.15, -0.1) is 0 Å². The third-order valence-corrected chi connectivity index (χ3v) is 5.81. The summed E-state index contributed by atoms with van der Waals surface area (Å²) >= 11 is 1.70. The second-order valence-corrected chi connectivity index (χ2v) is 8.95. The van der Waals surface area contributed by atoms with E-state index in [0.717, 1.165) is 28.5 Å². The Morgan fingerprint density at radius 1 is 0.765 bits per heavy atom. The fourth-order valence-electron chi connectivity index (χ4n) is 3.14. The number of rotatable bonds is 18. The van der Waals surface area contributed by atoms with E-state index in [-0.39, 0.29) is 13.1 Å². The van der Waals surface area contributed by atoms with E-state index in [0.29, 0.717) is 5.91 Å². The van der Waals surface area contributed by atoms with E-state index in [4.69, 9.17) is 20.4 Å². The molecule has 34 heavy (non-hydrogen) atoms. The maximum atomic E-state index is 11.2. The van der Waals surface area contributed by atoms with Crippen LogP contribution >= 0.6 is 11.9 Å². The van der Waals surface area contributed by atoms with Crippen LogP contribution in [-0.2, 0) is 24.0 Å². The van der Waals surface area contributed by atoms with Crippen molar-refractivity contribution in [3.05, 3.63) is 0 Å². The molecule has 1 saturated heterocycles. The maximum Gasteiger partial charge on any atom is 0.317 e.